The van der Waals surface area contributed by atoms with E-state index in [1.165, 1.54) is 6.42 Å². The van der Waals surface area contributed by atoms with Gasteiger partial charge in [-0.25, -0.2) is 0 Å². The molecule has 0 radical (unpaired) electrons. The summed E-state index contributed by atoms with van der Waals surface area (Å²) in [6, 6.07) is 0. The van der Waals surface area contributed by atoms with Crippen molar-refractivity contribution in [3.63, 3.8) is 0 Å². The maximum Gasteiger partial charge on any atom is 0.233 e. The topological polar surface area (TPSA) is 29.1 Å². The molecule has 2 nitrogen and oxygen atoms in total. The van der Waals surface area contributed by atoms with Crippen LogP contribution in [0, 0.1) is 0 Å². The van der Waals surface area contributed by atoms with Gasteiger partial charge in [-0.3, -0.25) is 4.79 Å². The summed E-state index contributed by atoms with van der Waals surface area (Å²) in [5.41, 5.74) is 0. The average Bonchev–Trinajstić information content (AvgIpc) is 2.65. The zero-order chi connectivity index (χ0) is 9.52. The van der Waals surface area contributed by atoms with Gasteiger partial charge in [-0.2, -0.15) is 0 Å². The molecule has 3 heteroatoms. The number of carbonyl (C=O) groups excluding carboxylic acids is 1. The van der Waals surface area contributed by atoms with Crippen LogP contribution >= 0.6 is 11.8 Å². The second-order valence-corrected chi connectivity index (χ2v) is 4.46. The van der Waals surface area contributed by atoms with Crippen molar-refractivity contribution in [2.24, 2.45) is 0 Å². The molecule has 0 saturated carbocycles. The van der Waals surface area contributed by atoms with Crippen LogP contribution < -0.4 is 5.32 Å². The molecule has 1 fully saturated rings. The van der Waals surface area contributed by atoms with Gasteiger partial charge in [0.25, 0.3) is 0 Å². The Morgan fingerprint density at radius 3 is 3.15 bits per heavy atom. The molecule has 0 aromatic rings. The summed E-state index contributed by atoms with van der Waals surface area (Å²) in [4.78, 5) is 11.5. The second-order valence-electron chi connectivity index (χ2n) is 3.15. The first-order chi connectivity index (χ1) is 6.34. The van der Waals surface area contributed by atoms with Gasteiger partial charge in [0.1, 0.15) is 0 Å². The minimum Gasteiger partial charge on any atom is -0.355 e. The molecule has 1 aliphatic heterocycles. The molecule has 1 amide bonds. The Morgan fingerprint density at radius 2 is 2.54 bits per heavy atom. The van der Waals surface area contributed by atoms with Crippen LogP contribution in [-0.2, 0) is 4.79 Å². The summed E-state index contributed by atoms with van der Waals surface area (Å²) < 4.78 is 0. The molecule has 1 saturated heterocycles. The minimum atomic E-state index is 0.227. The summed E-state index contributed by atoms with van der Waals surface area (Å²) in [6.07, 6.45) is 7.27. The fourth-order valence-corrected chi connectivity index (χ4v) is 2.53. The summed E-state index contributed by atoms with van der Waals surface area (Å²) in [7, 11) is 0. The van der Waals surface area contributed by atoms with Crippen LogP contribution in [-0.4, -0.2) is 23.5 Å². The molecule has 13 heavy (non-hydrogen) atoms. The quantitative estimate of drug-likeness (QED) is 0.554. The zero-order valence-electron chi connectivity index (χ0n) is 8.08. The fraction of sp³-hybridized carbons (Fsp3) is 0.700. The van der Waals surface area contributed by atoms with Gasteiger partial charge in [-0.05, 0) is 31.9 Å². The molecule has 1 unspecified atom stereocenters. The number of hydrogen-bond donors (Lipinski definition) is 1. The van der Waals surface area contributed by atoms with Crippen LogP contribution in [0.25, 0.3) is 0 Å². The summed E-state index contributed by atoms with van der Waals surface area (Å²) in [6.45, 7) is 2.77. The highest BCUT2D eigenvalue weighted by atomic mass is 32.2. The van der Waals surface area contributed by atoms with Crippen LogP contribution in [0.1, 0.15) is 26.2 Å². The number of amides is 1. The van der Waals surface area contributed by atoms with Gasteiger partial charge in [0.05, 0.1) is 5.25 Å². The van der Waals surface area contributed by atoms with Crippen LogP contribution in [0.5, 0.6) is 0 Å². The first-order valence-corrected chi connectivity index (χ1v) is 5.90. The van der Waals surface area contributed by atoms with Crippen molar-refractivity contribution in [3.05, 3.63) is 12.2 Å². The molecule has 1 heterocycles. The first kappa shape index (κ1) is 10.6. The lowest BCUT2D eigenvalue weighted by atomic mass is 10.2. The molecular formula is C10H17NOS. The number of thioether (sulfide) groups is 1. The Labute approximate surface area is 84.2 Å². The highest BCUT2D eigenvalue weighted by molar-refractivity contribution is 8.00. The third-order valence-corrected chi connectivity index (χ3v) is 3.44. The van der Waals surface area contributed by atoms with Gasteiger partial charge in [-0.15, -0.1) is 11.8 Å². The normalized spacial score (nSPS) is 22.4. The van der Waals surface area contributed by atoms with E-state index in [2.05, 4.69) is 11.4 Å². The fourth-order valence-electron chi connectivity index (χ4n) is 1.34. The van der Waals surface area contributed by atoms with Crippen LogP contribution in [0.2, 0.25) is 0 Å². The van der Waals surface area contributed by atoms with Gasteiger partial charge < -0.3 is 5.32 Å². The van der Waals surface area contributed by atoms with E-state index in [9.17, 15) is 4.79 Å². The van der Waals surface area contributed by atoms with Crippen molar-refractivity contribution in [2.45, 2.75) is 31.4 Å². The van der Waals surface area contributed by atoms with Crippen LogP contribution in [0.3, 0.4) is 0 Å². The molecule has 1 aliphatic rings. The van der Waals surface area contributed by atoms with Crippen molar-refractivity contribution in [3.8, 4) is 0 Å². The van der Waals surface area contributed by atoms with Crippen molar-refractivity contribution in [1.82, 2.24) is 5.32 Å². The van der Waals surface area contributed by atoms with E-state index in [0.29, 0.717) is 0 Å². The SMILES string of the molecule is C/C=C/CCNC(=O)C1CCCS1. The van der Waals surface area contributed by atoms with Gasteiger partial charge in [-0.1, -0.05) is 12.2 Å². The number of allylic oxidation sites excluding steroid dienone is 1. The van der Waals surface area contributed by atoms with E-state index >= 15 is 0 Å². The maximum absolute atomic E-state index is 11.5. The molecule has 74 valence electrons. The molecule has 0 spiro atoms. The van der Waals surface area contributed by atoms with Crippen molar-refractivity contribution >= 4 is 17.7 Å². The van der Waals surface area contributed by atoms with E-state index in [0.717, 1.165) is 25.1 Å². The largest absolute Gasteiger partial charge is 0.355 e. The Bertz CT molecular complexity index is 185. The predicted octanol–water partition coefficient (Wildman–Crippen LogP) is 1.96. The van der Waals surface area contributed by atoms with Gasteiger partial charge in [0, 0.05) is 6.54 Å². The Kier molecular flexibility index (Phi) is 4.98. The van der Waals surface area contributed by atoms with Gasteiger partial charge in [0.15, 0.2) is 0 Å². The summed E-state index contributed by atoms with van der Waals surface area (Å²) in [5, 5.41) is 3.18. The number of carbonyl (C=O) groups is 1. The highest BCUT2D eigenvalue weighted by Crippen LogP contribution is 2.25. The smallest absolute Gasteiger partial charge is 0.233 e. The zero-order valence-corrected chi connectivity index (χ0v) is 8.90. The molecule has 0 aliphatic carbocycles. The number of rotatable bonds is 4. The predicted molar refractivity (Wildman–Crippen MR) is 57.9 cm³/mol. The van der Waals surface area contributed by atoms with E-state index in [1.54, 1.807) is 11.8 Å². The standard InChI is InChI=1S/C10H17NOS/c1-2-3-4-7-11-10(12)9-6-5-8-13-9/h2-3,9H,4-8H2,1H3,(H,11,12)/b3-2+. The molecule has 1 atom stereocenters. The molecule has 0 bridgehead atoms. The van der Waals surface area contributed by atoms with Crippen molar-refractivity contribution in [1.29, 1.82) is 0 Å². The van der Waals surface area contributed by atoms with E-state index in [-0.39, 0.29) is 11.2 Å². The van der Waals surface area contributed by atoms with Crippen LogP contribution in [0.4, 0.5) is 0 Å². The Hall–Kier alpha value is -0.440. The lowest BCUT2D eigenvalue weighted by Crippen LogP contribution is -2.31. The molecule has 1 N–H and O–H groups in total. The van der Waals surface area contributed by atoms with Crippen molar-refractivity contribution < 1.29 is 4.79 Å². The Balaban J connectivity index is 2.09. The third-order valence-electron chi connectivity index (χ3n) is 2.07. The minimum absolute atomic E-state index is 0.227. The lowest BCUT2D eigenvalue weighted by Gasteiger charge is -2.08. The monoisotopic (exact) mass is 199 g/mol. The first-order valence-electron chi connectivity index (χ1n) is 4.85. The Morgan fingerprint density at radius 1 is 1.69 bits per heavy atom. The van der Waals surface area contributed by atoms with E-state index in [4.69, 9.17) is 0 Å². The summed E-state index contributed by atoms with van der Waals surface area (Å²) in [5.74, 6) is 1.37. The van der Waals surface area contributed by atoms with E-state index in [1.807, 2.05) is 13.0 Å². The second kappa shape index (κ2) is 6.08. The molecule has 1 rings (SSSR count). The average molecular weight is 199 g/mol. The van der Waals surface area contributed by atoms with E-state index < -0.39 is 0 Å². The molecular weight excluding hydrogens is 182 g/mol. The van der Waals surface area contributed by atoms with Gasteiger partial charge in [0.2, 0.25) is 5.91 Å². The molecule has 0 aromatic heterocycles. The highest BCUT2D eigenvalue weighted by Gasteiger charge is 2.22. The third kappa shape index (κ3) is 3.85. The maximum atomic E-state index is 11.5. The lowest BCUT2D eigenvalue weighted by molar-refractivity contribution is -0.120. The summed E-state index contributed by atoms with van der Waals surface area (Å²) >= 11 is 1.78. The van der Waals surface area contributed by atoms with Crippen LogP contribution in [0.15, 0.2) is 12.2 Å². The molecule has 0 aromatic carbocycles. The number of nitrogens with one attached hydrogen (secondary N) is 1. The van der Waals surface area contributed by atoms with Crippen molar-refractivity contribution in [2.75, 3.05) is 12.3 Å². The number of hydrogen-bond acceptors (Lipinski definition) is 2. The van der Waals surface area contributed by atoms with Gasteiger partial charge >= 0.3 is 0 Å².